The highest BCUT2D eigenvalue weighted by Gasteiger charge is 2.00. The highest BCUT2D eigenvalue weighted by molar-refractivity contribution is 9.11. The van der Waals surface area contributed by atoms with Crippen molar-refractivity contribution in [1.82, 2.24) is 9.97 Å². The zero-order chi connectivity index (χ0) is 12.4. The van der Waals surface area contributed by atoms with Crippen molar-refractivity contribution in [2.75, 3.05) is 5.32 Å². The minimum absolute atomic E-state index is 0.767. The smallest absolute Gasteiger partial charge is 0.145 e. The van der Waals surface area contributed by atoms with Crippen molar-refractivity contribution in [3.05, 3.63) is 51.3 Å². The highest BCUT2D eigenvalue weighted by atomic mass is 79.9. The Hall–Kier alpha value is -1.46. The van der Waals surface area contributed by atoms with Crippen LogP contribution in [-0.4, -0.2) is 9.97 Å². The lowest BCUT2D eigenvalue weighted by molar-refractivity contribution is 1.14. The van der Waals surface area contributed by atoms with Gasteiger partial charge in [-0.3, -0.25) is 4.98 Å². The number of thiophene rings is 1. The summed E-state index contributed by atoms with van der Waals surface area (Å²) in [5, 5.41) is 3.28. The van der Waals surface area contributed by atoms with Gasteiger partial charge in [-0.2, -0.15) is 0 Å². The van der Waals surface area contributed by atoms with Crippen LogP contribution in [0.3, 0.4) is 0 Å². The number of para-hydroxylation sites is 2. The van der Waals surface area contributed by atoms with Crippen molar-refractivity contribution < 1.29 is 0 Å². The van der Waals surface area contributed by atoms with E-state index in [2.05, 4.69) is 37.3 Å². The predicted molar refractivity (Wildman–Crippen MR) is 78.9 cm³/mol. The highest BCUT2D eigenvalue weighted by Crippen LogP contribution is 2.22. The lowest BCUT2D eigenvalue weighted by Crippen LogP contribution is -2.00. The van der Waals surface area contributed by atoms with E-state index < -0.39 is 0 Å². The molecule has 0 unspecified atom stereocenters. The standard InChI is InChI=1S/C13H10BrN3S/c14-12-6-5-9(18-12)7-16-13-8-15-10-3-1-2-4-11(10)17-13/h1-6,8H,7H2,(H,16,17). The second-order valence-corrected chi connectivity index (χ2v) is 6.35. The third-order valence-electron chi connectivity index (χ3n) is 2.52. The van der Waals surface area contributed by atoms with Crippen LogP contribution < -0.4 is 5.32 Å². The molecule has 0 aliphatic carbocycles. The largest absolute Gasteiger partial charge is 0.364 e. The number of fused-ring (bicyclic) bond motifs is 1. The van der Waals surface area contributed by atoms with Crippen LogP contribution >= 0.6 is 27.3 Å². The maximum absolute atomic E-state index is 4.52. The Morgan fingerprint density at radius 3 is 2.72 bits per heavy atom. The fraction of sp³-hybridized carbons (Fsp3) is 0.0769. The molecule has 3 aromatic rings. The first-order valence-corrected chi connectivity index (χ1v) is 7.12. The van der Waals surface area contributed by atoms with E-state index in [-0.39, 0.29) is 0 Å². The molecule has 3 nitrogen and oxygen atoms in total. The van der Waals surface area contributed by atoms with Gasteiger partial charge in [-0.15, -0.1) is 11.3 Å². The van der Waals surface area contributed by atoms with Crippen molar-refractivity contribution >= 4 is 44.1 Å². The molecule has 0 radical (unpaired) electrons. The zero-order valence-corrected chi connectivity index (χ0v) is 11.8. The summed E-state index contributed by atoms with van der Waals surface area (Å²) in [5.74, 6) is 0.804. The van der Waals surface area contributed by atoms with Crippen molar-refractivity contribution in [1.29, 1.82) is 0 Å². The van der Waals surface area contributed by atoms with E-state index in [1.807, 2.05) is 30.3 Å². The fourth-order valence-electron chi connectivity index (χ4n) is 1.67. The minimum Gasteiger partial charge on any atom is -0.364 e. The van der Waals surface area contributed by atoms with Crippen molar-refractivity contribution in [2.24, 2.45) is 0 Å². The molecule has 0 amide bonds. The Morgan fingerprint density at radius 2 is 1.94 bits per heavy atom. The maximum Gasteiger partial charge on any atom is 0.145 e. The van der Waals surface area contributed by atoms with Gasteiger partial charge in [0, 0.05) is 4.88 Å². The average Bonchev–Trinajstić information content (AvgIpc) is 2.82. The minimum atomic E-state index is 0.767. The molecule has 0 spiro atoms. The molecule has 0 aliphatic rings. The van der Waals surface area contributed by atoms with Crippen LogP contribution in [-0.2, 0) is 6.54 Å². The molecule has 0 aliphatic heterocycles. The van der Waals surface area contributed by atoms with Gasteiger partial charge in [0.25, 0.3) is 0 Å². The Bertz CT molecular complexity index is 681. The predicted octanol–water partition coefficient (Wildman–Crippen LogP) is 4.07. The van der Waals surface area contributed by atoms with E-state index in [9.17, 15) is 0 Å². The van der Waals surface area contributed by atoms with Gasteiger partial charge in [-0.25, -0.2) is 4.98 Å². The number of halogens is 1. The van der Waals surface area contributed by atoms with Crippen LogP contribution in [0.15, 0.2) is 46.4 Å². The molecule has 0 saturated carbocycles. The molecular weight excluding hydrogens is 310 g/mol. The SMILES string of the molecule is Brc1ccc(CNc2cnc3ccccc3n2)s1. The third-order valence-corrected chi connectivity index (χ3v) is 4.14. The number of nitrogens with one attached hydrogen (secondary N) is 1. The molecule has 0 bridgehead atoms. The van der Waals surface area contributed by atoms with Crippen LogP contribution in [0.1, 0.15) is 4.88 Å². The summed E-state index contributed by atoms with van der Waals surface area (Å²) in [7, 11) is 0. The average molecular weight is 320 g/mol. The lowest BCUT2D eigenvalue weighted by atomic mass is 10.3. The molecule has 2 aromatic heterocycles. The second kappa shape index (κ2) is 5.04. The molecular formula is C13H10BrN3S. The van der Waals surface area contributed by atoms with Gasteiger partial charge >= 0.3 is 0 Å². The van der Waals surface area contributed by atoms with Crippen LogP contribution in [0.5, 0.6) is 0 Å². The van der Waals surface area contributed by atoms with Crippen LogP contribution in [0.25, 0.3) is 11.0 Å². The molecule has 90 valence electrons. The van der Waals surface area contributed by atoms with Crippen LogP contribution in [0.2, 0.25) is 0 Å². The van der Waals surface area contributed by atoms with Gasteiger partial charge in [0.1, 0.15) is 5.82 Å². The summed E-state index contributed by atoms with van der Waals surface area (Å²) in [6.07, 6.45) is 1.77. The van der Waals surface area contributed by atoms with E-state index >= 15 is 0 Å². The van der Waals surface area contributed by atoms with Gasteiger partial charge in [0.05, 0.1) is 27.6 Å². The van der Waals surface area contributed by atoms with Gasteiger partial charge < -0.3 is 5.32 Å². The Balaban J connectivity index is 1.78. The molecule has 5 heteroatoms. The van der Waals surface area contributed by atoms with Gasteiger partial charge in [-0.05, 0) is 40.2 Å². The van der Waals surface area contributed by atoms with Gasteiger partial charge in [-0.1, -0.05) is 12.1 Å². The number of benzene rings is 1. The zero-order valence-electron chi connectivity index (χ0n) is 9.43. The molecule has 3 rings (SSSR count). The normalized spacial score (nSPS) is 10.7. The summed E-state index contributed by atoms with van der Waals surface area (Å²) in [4.78, 5) is 10.1. The summed E-state index contributed by atoms with van der Waals surface area (Å²) >= 11 is 5.17. The Kier molecular flexibility index (Phi) is 3.25. The number of hydrogen-bond acceptors (Lipinski definition) is 4. The number of aromatic nitrogens is 2. The number of nitrogens with zero attached hydrogens (tertiary/aromatic N) is 2. The number of anilines is 1. The first-order chi connectivity index (χ1) is 8.81. The summed E-state index contributed by atoms with van der Waals surface area (Å²) < 4.78 is 1.14. The maximum atomic E-state index is 4.52. The van der Waals surface area contributed by atoms with E-state index in [0.717, 1.165) is 27.2 Å². The summed E-state index contributed by atoms with van der Waals surface area (Å²) in [6.45, 7) is 0.767. The molecule has 0 saturated heterocycles. The topological polar surface area (TPSA) is 37.8 Å². The second-order valence-electron chi connectivity index (χ2n) is 3.80. The summed E-state index contributed by atoms with van der Waals surface area (Å²) in [6, 6.07) is 12.0. The Morgan fingerprint density at radius 1 is 1.11 bits per heavy atom. The summed E-state index contributed by atoms with van der Waals surface area (Å²) in [5.41, 5.74) is 1.83. The molecule has 18 heavy (non-hydrogen) atoms. The number of hydrogen-bond donors (Lipinski definition) is 1. The van der Waals surface area contributed by atoms with Crippen molar-refractivity contribution in [3.8, 4) is 0 Å². The van der Waals surface area contributed by atoms with Crippen molar-refractivity contribution in [3.63, 3.8) is 0 Å². The quantitative estimate of drug-likeness (QED) is 0.790. The first kappa shape index (κ1) is 11.6. The van der Waals surface area contributed by atoms with Gasteiger partial charge in [0.2, 0.25) is 0 Å². The van der Waals surface area contributed by atoms with Crippen molar-refractivity contribution in [2.45, 2.75) is 6.54 Å². The van der Waals surface area contributed by atoms with E-state index in [1.165, 1.54) is 4.88 Å². The van der Waals surface area contributed by atoms with Crippen LogP contribution in [0, 0.1) is 0 Å². The molecule has 1 aromatic carbocycles. The van der Waals surface area contributed by atoms with E-state index in [0.29, 0.717) is 0 Å². The molecule has 0 fully saturated rings. The van der Waals surface area contributed by atoms with E-state index in [4.69, 9.17) is 0 Å². The fourth-order valence-corrected chi connectivity index (χ4v) is 3.09. The monoisotopic (exact) mass is 319 g/mol. The van der Waals surface area contributed by atoms with Gasteiger partial charge in [0.15, 0.2) is 0 Å². The molecule has 2 heterocycles. The first-order valence-electron chi connectivity index (χ1n) is 5.51. The van der Waals surface area contributed by atoms with E-state index in [1.54, 1.807) is 17.5 Å². The van der Waals surface area contributed by atoms with Crippen LogP contribution in [0.4, 0.5) is 5.82 Å². The third kappa shape index (κ3) is 2.52. The molecule has 1 N–H and O–H groups in total. The lowest BCUT2D eigenvalue weighted by Gasteiger charge is -2.04. The number of rotatable bonds is 3. The molecule has 0 atom stereocenters. The Labute approximate surface area is 117 Å².